The lowest BCUT2D eigenvalue weighted by Crippen LogP contribution is -2.00. The first-order chi connectivity index (χ1) is 24.8. The molecule has 0 saturated heterocycles. The third-order valence-electron chi connectivity index (χ3n) is 9.59. The van der Waals surface area contributed by atoms with Crippen LogP contribution in [0.4, 0.5) is 22.7 Å². The summed E-state index contributed by atoms with van der Waals surface area (Å²) in [7, 11) is 0. The molecule has 9 rings (SSSR count). The molecule has 0 aliphatic heterocycles. The van der Waals surface area contributed by atoms with Crippen molar-refractivity contribution in [2.75, 3.05) is 10.6 Å². The fraction of sp³-hybridized carbons (Fsp3) is 0. The minimum absolute atomic E-state index is 1.05. The second-order valence-corrected chi connectivity index (χ2v) is 12.7. The van der Waals surface area contributed by atoms with Crippen LogP contribution in [-0.4, -0.2) is 0 Å². The fourth-order valence-electron chi connectivity index (χ4n) is 7.34. The quantitative estimate of drug-likeness (QED) is 0.170. The molecule has 9 aromatic rings. The van der Waals surface area contributed by atoms with Crippen LogP contribution >= 0.6 is 0 Å². The zero-order chi connectivity index (χ0) is 33.3. The number of fused-ring (bicyclic) bond motifs is 5. The fourth-order valence-corrected chi connectivity index (χ4v) is 7.34. The van der Waals surface area contributed by atoms with Gasteiger partial charge < -0.3 is 10.6 Å². The summed E-state index contributed by atoms with van der Waals surface area (Å²) in [5, 5.41) is 15.0. The molecule has 0 fully saturated rings. The Morgan fingerprint density at radius 3 is 1.54 bits per heavy atom. The Kier molecular flexibility index (Phi) is 7.53. The Balaban J connectivity index is 1.45. The van der Waals surface area contributed by atoms with Gasteiger partial charge in [-0.25, -0.2) is 0 Å². The Labute approximate surface area is 292 Å². The molecule has 0 heterocycles. The minimum Gasteiger partial charge on any atom is -0.355 e. The van der Waals surface area contributed by atoms with Gasteiger partial charge >= 0.3 is 0 Å². The van der Waals surface area contributed by atoms with Gasteiger partial charge in [0.1, 0.15) is 0 Å². The minimum atomic E-state index is 1.05. The van der Waals surface area contributed by atoms with Crippen LogP contribution in [0.5, 0.6) is 0 Å². The monoisotopic (exact) mass is 638 g/mol. The van der Waals surface area contributed by atoms with Crippen molar-refractivity contribution >= 4 is 55.1 Å². The Hall–Kier alpha value is -6.64. The molecule has 9 aromatic carbocycles. The van der Waals surface area contributed by atoms with Crippen LogP contribution in [0.1, 0.15) is 0 Å². The highest BCUT2D eigenvalue weighted by Gasteiger charge is 2.22. The molecule has 0 aromatic heterocycles. The largest absolute Gasteiger partial charge is 0.355 e. The number of hydrogen-bond acceptors (Lipinski definition) is 2. The van der Waals surface area contributed by atoms with E-state index in [2.05, 4.69) is 205 Å². The van der Waals surface area contributed by atoms with Crippen LogP contribution < -0.4 is 10.6 Å². The van der Waals surface area contributed by atoms with Crippen LogP contribution in [0.25, 0.3) is 65.7 Å². The van der Waals surface area contributed by atoms with Gasteiger partial charge in [-0.3, -0.25) is 0 Å². The van der Waals surface area contributed by atoms with E-state index in [1.54, 1.807) is 0 Å². The molecule has 0 aliphatic carbocycles. The van der Waals surface area contributed by atoms with Crippen molar-refractivity contribution in [3.05, 3.63) is 194 Å². The number of benzene rings is 9. The molecule has 2 N–H and O–H groups in total. The maximum atomic E-state index is 3.95. The molecule has 0 bridgehead atoms. The van der Waals surface area contributed by atoms with Gasteiger partial charge in [0.25, 0.3) is 0 Å². The van der Waals surface area contributed by atoms with Crippen molar-refractivity contribution in [1.29, 1.82) is 0 Å². The Morgan fingerprint density at radius 1 is 0.320 bits per heavy atom. The van der Waals surface area contributed by atoms with Gasteiger partial charge in [-0.15, -0.1) is 0 Å². The van der Waals surface area contributed by atoms with Gasteiger partial charge in [0, 0.05) is 39.0 Å². The zero-order valence-electron chi connectivity index (χ0n) is 27.5. The highest BCUT2D eigenvalue weighted by molar-refractivity contribution is 6.32. The normalized spacial score (nSPS) is 11.2. The van der Waals surface area contributed by atoms with Crippen LogP contribution in [0.3, 0.4) is 0 Å². The Morgan fingerprint density at radius 2 is 0.860 bits per heavy atom. The maximum Gasteiger partial charge on any atom is 0.0556 e. The van der Waals surface area contributed by atoms with Crippen LogP contribution in [0.15, 0.2) is 194 Å². The van der Waals surface area contributed by atoms with Crippen LogP contribution in [0.2, 0.25) is 0 Å². The van der Waals surface area contributed by atoms with Gasteiger partial charge in [0.2, 0.25) is 0 Å². The van der Waals surface area contributed by atoms with Crippen molar-refractivity contribution in [1.82, 2.24) is 0 Å². The first kappa shape index (κ1) is 29.5. The summed E-state index contributed by atoms with van der Waals surface area (Å²) >= 11 is 0. The van der Waals surface area contributed by atoms with E-state index in [1.165, 1.54) is 60.1 Å². The van der Waals surface area contributed by atoms with Gasteiger partial charge in [-0.05, 0) is 86.3 Å². The lowest BCUT2D eigenvalue weighted by molar-refractivity contribution is 1.53. The van der Waals surface area contributed by atoms with Crippen molar-refractivity contribution in [2.24, 2.45) is 0 Å². The summed E-state index contributed by atoms with van der Waals surface area (Å²) < 4.78 is 0. The van der Waals surface area contributed by atoms with E-state index in [4.69, 9.17) is 0 Å². The van der Waals surface area contributed by atoms with Crippen molar-refractivity contribution in [3.63, 3.8) is 0 Å². The van der Waals surface area contributed by atoms with Crippen molar-refractivity contribution in [2.45, 2.75) is 0 Å². The third kappa shape index (κ3) is 5.34. The topological polar surface area (TPSA) is 24.1 Å². The molecule has 0 atom stereocenters. The molecule has 236 valence electrons. The molecular formula is C48H34N2. The molecule has 50 heavy (non-hydrogen) atoms. The highest BCUT2D eigenvalue weighted by Crippen LogP contribution is 2.50. The number of nitrogens with one attached hydrogen (secondary N) is 2. The number of anilines is 4. The molecule has 2 nitrogen and oxygen atoms in total. The standard InChI is InChI=1S/C48H34N2/c1-5-17-33(18-6-1)35-29-30-44(49-37-22-9-3-10-23-37)42(31-35)43-32-36-21-13-14-26-39(36)47-46(43)41-28-16-15-27-40(41)45(34-19-7-2-8-20-34)48(47)50-38-24-11-4-12-25-38/h1-32,49-50H. The average Bonchev–Trinajstić information content (AvgIpc) is 3.19. The van der Waals surface area contributed by atoms with Gasteiger partial charge in [0.05, 0.1) is 5.69 Å². The zero-order valence-corrected chi connectivity index (χ0v) is 27.5. The molecule has 0 unspecified atom stereocenters. The van der Waals surface area contributed by atoms with E-state index in [0.717, 1.165) is 28.3 Å². The smallest absolute Gasteiger partial charge is 0.0556 e. The molecule has 0 amide bonds. The predicted molar refractivity (Wildman–Crippen MR) is 215 cm³/mol. The molecular weight excluding hydrogens is 605 g/mol. The molecule has 0 saturated carbocycles. The Bertz CT molecular complexity index is 2610. The van der Waals surface area contributed by atoms with Crippen LogP contribution in [0, 0.1) is 0 Å². The maximum absolute atomic E-state index is 3.95. The first-order valence-corrected chi connectivity index (χ1v) is 17.1. The predicted octanol–water partition coefficient (Wildman–Crippen LogP) is 13.6. The van der Waals surface area contributed by atoms with Gasteiger partial charge in [-0.2, -0.15) is 0 Å². The number of para-hydroxylation sites is 2. The van der Waals surface area contributed by atoms with E-state index >= 15 is 0 Å². The van der Waals surface area contributed by atoms with E-state index < -0.39 is 0 Å². The highest BCUT2D eigenvalue weighted by atomic mass is 14.9. The van der Waals surface area contributed by atoms with Crippen LogP contribution in [-0.2, 0) is 0 Å². The summed E-state index contributed by atoms with van der Waals surface area (Å²) in [6.45, 7) is 0. The summed E-state index contributed by atoms with van der Waals surface area (Å²) in [6, 6.07) is 69.4. The SMILES string of the molecule is c1ccc(Nc2ccc(-c3ccccc3)cc2-c2cc3ccccc3c3c(Nc4ccccc4)c(-c4ccccc4)c4ccccc4c23)cc1. The molecule has 0 aliphatic rings. The molecule has 2 heteroatoms. The van der Waals surface area contributed by atoms with E-state index in [-0.39, 0.29) is 0 Å². The van der Waals surface area contributed by atoms with E-state index in [9.17, 15) is 0 Å². The summed E-state index contributed by atoms with van der Waals surface area (Å²) in [4.78, 5) is 0. The molecule has 0 radical (unpaired) electrons. The van der Waals surface area contributed by atoms with Gasteiger partial charge in [-0.1, -0.05) is 152 Å². The average molecular weight is 639 g/mol. The lowest BCUT2D eigenvalue weighted by atomic mass is 9.84. The number of rotatable bonds is 7. The van der Waals surface area contributed by atoms with E-state index in [1.807, 2.05) is 0 Å². The number of hydrogen-bond donors (Lipinski definition) is 2. The third-order valence-corrected chi connectivity index (χ3v) is 9.59. The van der Waals surface area contributed by atoms with Crippen molar-refractivity contribution in [3.8, 4) is 33.4 Å². The second-order valence-electron chi connectivity index (χ2n) is 12.7. The van der Waals surface area contributed by atoms with E-state index in [0.29, 0.717) is 0 Å². The molecule has 0 spiro atoms. The summed E-state index contributed by atoms with van der Waals surface area (Å²) in [6.07, 6.45) is 0. The lowest BCUT2D eigenvalue weighted by Gasteiger charge is -2.24. The first-order valence-electron chi connectivity index (χ1n) is 17.1. The summed E-state index contributed by atoms with van der Waals surface area (Å²) in [5.74, 6) is 0. The summed E-state index contributed by atoms with van der Waals surface area (Å²) in [5.41, 5.74) is 11.3. The second kappa shape index (κ2) is 12.8. The van der Waals surface area contributed by atoms with Gasteiger partial charge in [0.15, 0.2) is 0 Å². The van der Waals surface area contributed by atoms with Crippen molar-refractivity contribution < 1.29 is 0 Å².